The number of H-pyrrole nitrogens is 1. The van der Waals surface area contributed by atoms with Crippen molar-refractivity contribution in [3.05, 3.63) is 83.2 Å². The Labute approximate surface area is 231 Å². The predicted molar refractivity (Wildman–Crippen MR) is 140 cm³/mol. The van der Waals surface area contributed by atoms with Crippen molar-refractivity contribution >= 4 is 17.5 Å². The lowest BCUT2D eigenvalue weighted by atomic mass is 9.94. The Morgan fingerprint density at radius 1 is 1.12 bits per heavy atom. The SMILES string of the molecule is CCOc1nn(-c2ccccc2)c(NC(=O)NC2CN(c3cn[nH]c3C(F)(F)F)CC2c2ccc(F)c(F)c2)c1C. The van der Waals surface area contributed by atoms with Crippen molar-refractivity contribution in [2.45, 2.75) is 32.0 Å². The number of benzene rings is 2. The summed E-state index contributed by atoms with van der Waals surface area (Å²) < 4.78 is 75.7. The van der Waals surface area contributed by atoms with E-state index in [1.165, 1.54) is 15.6 Å². The fourth-order valence-electron chi connectivity index (χ4n) is 4.92. The Kier molecular flexibility index (Phi) is 7.56. The smallest absolute Gasteiger partial charge is 0.434 e. The van der Waals surface area contributed by atoms with Crippen LogP contribution in [-0.2, 0) is 6.18 Å². The molecule has 0 aliphatic carbocycles. The van der Waals surface area contributed by atoms with Gasteiger partial charge in [-0.15, -0.1) is 5.10 Å². The average Bonchev–Trinajstić information content (AvgIpc) is 3.65. The Balaban J connectivity index is 1.44. The van der Waals surface area contributed by atoms with E-state index in [-0.39, 0.29) is 18.8 Å². The highest BCUT2D eigenvalue weighted by molar-refractivity contribution is 5.90. The molecule has 216 valence electrons. The number of urea groups is 1. The lowest BCUT2D eigenvalue weighted by molar-refractivity contribution is -0.140. The molecule has 2 atom stereocenters. The molecule has 0 bridgehead atoms. The molecule has 5 rings (SSSR count). The van der Waals surface area contributed by atoms with Gasteiger partial charge in [-0.3, -0.25) is 10.4 Å². The molecule has 2 aromatic heterocycles. The van der Waals surface area contributed by atoms with Crippen molar-refractivity contribution in [2.24, 2.45) is 0 Å². The van der Waals surface area contributed by atoms with Gasteiger partial charge >= 0.3 is 12.2 Å². The zero-order chi connectivity index (χ0) is 29.3. The summed E-state index contributed by atoms with van der Waals surface area (Å²) >= 11 is 0. The van der Waals surface area contributed by atoms with E-state index in [0.29, 0.717) is 35.1 Å². The summed E-state index contributed by atoms with van der Waals surface area (Å²) in [7, 11) is 0. The molecule has 2 amide bonds. The molecule has 1 aliphatic rings. The van der Waals surface area contributed by atoms with Crippen LogP contribution in [-0.4, -0.2) is 51.7 Å². The lowest BCUT2D eigenvalue weighted by Crippen LogP contribution is -2.42. The number of nitrogens with one attached hydrogen (secondary N) is 3. The van der Waals surface area contributed by atoms with Gasteiger partial charge < -0.3 is 15.0 Å². The number of amides is 2. The number of halogens is 5. The topological polar surface area (TPSA) is 100 Å². The maximum Gasteiger partial charge on any atom is 0.434 e. The molecule has 14 heteroatoms. The quantitative estimate of drug-likeness (QED) is 0.257. The van der Waals surface area contributed by atoms with Crippen LogP contribution >= 0.6 is 0 Å². The van der Waals surface area contributed by atoms with Gasteiger partial charge in [-0.2, -0.15) is 18.3 Å². The second-order valence-electron chi connectivity index (χ2n) is 9.48. The Morgan fingerprint density at radius 3 is 2.56 bits per heavy atom. The number of ether oxygens (including phenoxy) is 1. The number of alkyl halides is 3. The predicted octanol–water partition coefficient (Wildman–Crippen LogP) is 5.39. The minimum absolute atomic E-state index is 0.0197. The zero-order valence-corrected chi connectivity index (χ0v) is 22.0. The fraction of sp³-hybridized carbons (Fsp3) is 0.296. The van der Waals surface area contributed by atoms with Gasteiger partial charge in [0.2, 0.25) is 5.88 Å². The largest absolute Gasteiger partial charge is 0.477 e. The van der Waals surface area contributed by atoms with Gasteiger partial charge in [0, 0.05) is 19.0 Å². The minimum Gasteiger partial charge on any atom is -0.477 e. The van der Waals surface area contributed by atoms with E-state index in [2.05, 4.69) is 20.8 Å². The maximum absolute atomic E-state index is 14.1. The number of anilines is 2. The van der Waals surface area contributed by atoms with E-state index in [1.54, 1.807) is 38.1 Å². The van der Waals surface area contributed by atoms with E-state index in [9.17, 15) is 26.7 Å². The number of carbonyl (C=O) groups excluding carboxylic acids is 1. The first-order valence-corrected chi connectivity index (χ1v) is 12.7. The van der Waals surface area contributed by atoms with Crippen molar-refractivity contribution in [3.63, 3.8) is 0 Å². The summed E-state index contributed by atoms with van der Waals surface area (Å²) in [6.07, 6.45) is -3.65. The number of para-hydroxylation sites is 1. The monoisotopic (exact) mass is 575 g/mol. The van der Waals surface area contributed by atoms with Gasteiger partial charge in [0.25, 0.3) is 0 Å². The molecule has 3 N–H and O–H groups in total. The second-order valence-corrected chi connectivity index (χ2v) is 9.48. The number of aromatic amines is 1. The van der Waals surface area contributed by atoms with Gasteiger partial charge in [-0.25, -0.2) is 18.3 Å². The standard InChI is InChI=1S/C27H26F5N7O2/c1-3-41-25-15(2)24(39(37-25)17-7-5-4-6-8-17)35-26(40)34-21-14-38(22-12-33-36-23(22)27(30,31)32)13-18(21)16-9-10-19(28)20(29)11-16/h4-12,18,21H,3,13-14H2,1-2H3,(H,33,36)(H2,34,35,40). The van der Waals surface area contributed by atoms with E-state index < -0.39 is 41.5 Å². The highest BCUT2D eigenvalue weighted by Gasteiger charge is 2.42. The molecule has 0 radical (unpaired) electrons. The first-order chi connectivity index (χ1) is 19.6. The molecule has 2 aromatic carbocycles. The van der Waals surface area contributed by atoms with Gasteiger partial charge in [0.1, 0.15) is 5.82 Å². The summed E-state index contributed by atoms with van der Waals surface area (Å²) in [6, 6.07) is 10.9. The molecular weight excluding hydrogens is 549 g/mol. The number of carbonyl (C=O) groups is 1. The molecule has 1 fully saturated rings. The van der Waals surface area contributed by atoms with Crippen LogP contribution in [0.4, 0.5) is 38.3 Å². The number of hydrogen-bond donors (Lipinski definition) is 3. The average molecular weight is 576 g/mol. The molecule has 1 saturated heterocycles. The van der Waals surface area contributed by atoms with Crippen LogP contribution in [0.15, 0.2) is 54.7 Å². The van der Waals surface area contributed by atoms with Gasteiger partial charge in [-0.05, 0) is 43.7 Å². The van der Waals surface area contributed by atoms with Crippen LogP contribution < -0.4 is 20.3 Å². The van der Waals surface area contributed by atoms with Crippen LogP contribution in [0.5, 0.6) is 5.88 Å². The second kappa shape index (κ2) is 11.1. The molecule has 2 unspecified atom stereocenters. The molecule has 9 nitrogen and oxygen atoms in total. The lowest BCUT2D eigenvalue weighted by Gasteiger charge is -2.21. The third-order valence-corrected chi connectivity index (χ3v) is 6.84. The van der Waals surface area contributed by atoms with Crippen molar-refractivity contribution < 1.29 is 31.5 Å². The zero-order valence-electron chi connectivity index (χ0n) is 22.0. The number of aromatic nitrogens is 4. The summed E-state index contributed by atoms with van der Waals surface area (Å²) in [4.78, 5) is 14.7. The first-order valence-electron chi connectivity index (χ1n) is 12.7. The molecule has 3 heterocycles. The third-order valence-electron chi connectivity index (χ3n) is 6.84. The summed E-state index contributed by atoms with van der Waals surface area (Å²) in [5, 5.41) is 15.6. The fourth-order valence-corrected chi connectivity index (χ4v) is 4.92. The van der Waals surface area contributed by atoms with Crippen molar-refractivity contribution in [2.75, 3.05) is 29.9 Å². The highest BCUT2D eigenvalue weighted by atomic mass is 19.4. The van der Waals surface area contributed by atoms with E-state index in [4.69, 9.17) is 4.74 Å². The van der Waals surface area contributed by atoms with Crippen LogP contribution in [0.25, 0.3) is 5.69 Å². The molecule has 41 heavy (non-hydrogen) atoms. The van der Waals surface area contributed by atoms with Crippen LogP contribution in [0.3, 0.4) is 0 Å². The van der Waals surface area contributed by atoms with Gasteiger partial charge in [0.05, 0.1) is 35.8 Å². The van der Waals surface area contributed by atoms with Crippen LogP contribution in [0, 0.1) is 18.6 Å². The third kappa shape index (κ3) is 5.67. The molecule has 0 spiro atoms. The van der Waals surface area contributed by atoms with E-state index in [0.717, 1.165) is 18.3 Å². The molecular formula is C27H26F5N7O2. The highest BCUT2D eigenvalue weighted by Crippen LogP contribution is 2.39. The van der Waals surface area contributed by atoms with Crippen molar-refractivity contribution in [1.82, 2.24) is 25.3 Å². The van der Waals surface area contributed by atoms with E-state index >= 15 is 0 Å². The maximum atomic E-state index is 14.1. The number of hydrogen-bond acceptors (Lipinski definition) is 5. The van der Waals surface area contributed by atoms with Crippen molar-refractivity contribution in [3.8, 4) is 11.6 Å². The normalized spacial score (nSPS) is 17.1. The Hall–Kier alpha value is -4.62. The minimum atomic E-state index is -4.70. The summed E-state index contributed by atoms with van der Waals surface area (Å²) in [5.41, 5.74) is 0.275. The van der Waals surface area contributed by atoms with Crippen LogP contribution in [0.1, 0.15) is 29.7 Å². The van der Waals surface area contributed by atoms with Crippen molar-refractivity contribution in [1.29, 1.82) is 0 Å². The summed E-state index contributed by atoms with van der Waals surface area (Å²) in [6.45, 7) is 3.80. The Bertz CT molecular complexity index is 1540. The molecule has 1 aliphatic heterocycles. The first kappa shape index (κ1) is 27.9. The molecule has 0 saturated carbocycles. The van der Waals surface area contributed by atoms with Crippen LogP contribution in [0.2, 0.25) is 0 Å². The van der Waals surface area contributed by atoms with Gasteiger partial charge in [-0.1, -0.05) is 24.3 Å². The van der Waals surface area contributed by atoms with Gasteiger partial charge in [0.15, 0.2) is 17.3 Å². The number of nitrogens with zero attached hydrogens (tertiary/aromatic N) is 4. The molecule has 4 aromatic rings. The van der Waals surface area contributed by atoms with E-state index in [1.807, 2.05) is 11.2 Å². The number of rotatable bonds is 7. The summed E-state index contributed by atoms with van der Waals surface area (Å²) in [5.74, 6) is -2.20. The Morgan fingerprint density at radius 2 is 1.88 bits per heavy atom.